The highest BCUT2D eigenvalue weighted by Crippen LogP contribution is 2.35. The minimum atomic E-state index is 0.107. The van der Waals surface area contributed by atoms with Crippen LogP contribution in [-0.4, -0.2) is 5.78 Å². The van der Waals surface area contributed by atoms with Crippen LogP contribution >= 0.6 is 0 Å². The Morgan fingerprint density at radius 3 is 2.15 bits per heavy atom. The third-order valence-electron chi connectivity index (χ3n) is 3.56. The molecule has 0 bridgehead atoms. The van der Waals surface area contributed by atoms with Gasteiger partial charge in [-0.1, -0.05) is 69.8 Å². The van der Waals surface area contributed by atoms with Crippen LogP contribution < -0.4 is 0 Å². The lowest BCUT2D eigenvalue weighted by Gasteiger charge is -2.21. The number of hydrogen-bond acceptors (Lipinski definition) is 1. The number of benzene rings is 2. The standard InChI is InChI=1S/C17H14O.C2H6/c1-3-12-8-9-15-16(10-12)11(2)13-6-4-5-7-14(13)17(15)18;1-2/h4-10H,2-3H2,1H3;1-2H3. The van der Waals surface area contributed by atoms with E-state index in [-0.39, 0.29) is 5.78 Å². The van der Waals surface area contributed by atoms with Crippen molar-refractivity contribution < 1.29 is 4.79 Å². The van der Waals surface area contributed by atoms with E-state index in [0.29, 0.717) is 0 Å². The lowest BCUT2D eigenvalue weighted by atomic mass is 9.81. The molecule has 0 unspecified atom stereocenters. The fourth-order valence-electron chi connectivity index (χ4n) is 2.49. The molecule has 0 saturated carbocycles. The van der Waals surface area contributed by atoms with Crippen LogP contribution in [0, 0.1) is 0 Å². The minimum absolute atomic E-state index is 0.107. The lowest BCUT2D eigenvalue weighted by molar-refractivity contribution is 0.103. The zero-order chi connectivity index (χ0) is 14.7. The molecule has 1 nitrogen and oxygen atoms in total. The second-order valence-corrected chi connectivity index (χ2v) is 4.59. The van der Waals surface area contributed by atoms with Gasteiger partial charge in [-0.2, -0.15) is 0 Å². The first kappa shape index (κ1) is 14.3. The highest BCUT2D eigenvalue weighted by atomic mass is 16.1. The number of hydrogen-bond donors (Lipinski definition) is 0. The molecule has 0 aliphatic heterocycles. The summed E-state index contributed by atoms with van der Waals surface area (Å²) in [5, 5.41) is 0. The van der Waals surface area contributed by atoms with Crippen molar-refractivity contribution in [1.29, 1.82) is 0 Å². The van der Waals surface area contributed by atoms with Gasteiger partial charge in [-0.15, -0.1) is 0 Å². The first-order valence-electron chi connectivity index (χ1n) is 7.18. The number of ketones is 1. The number of aryl methyl sites for hydroxylation is 1. The van der Waals surface area contributed by atoms with Gasteiger partial charge in [0.1, 0.15) is 0 Å². The van der Waals surface area contributed by atoms with Crippen molar-refractivity contribution in [2.24, 2.45) is 0 Å². The molecule has 2 aromatic rings. The lowest BCUT2D eigenvalue weighted by Crippen LogP contribution is -2.14. The van der Waals surface area contributed by atoms with E-state index in [4.69, 9.17) is 0 Å². The summed E-state index contributed by atoms with van der Waals surface area (Å²) in [6.45, 7) is 10.3. The van der Waals surface area contributed by atoms with Crippen LogP contribution in [0.15, 0.2) is 49.0 Å². The Hall–Kier alpha value is -2.15. The van der Waals surface area contributed by atoms with Crippen molar-refractivity contribution in [3.8, 4) is 0 Å². The van der Waals surface area contributed by atoms with Crippen molar-refractivity contribution in [2.75, 3.05) is 0 Å². The number of fused-ring (bicyclic) bond motifs is 2. The summed E-state index contributed by atoms with van der Waals surface area (Å²) >= 11 is 0. The molecular weight excluding hydrogens is 244 g/mol. The fraction of sp³-hybridized carbons (Fsp3) is 0.211. The van der Waals surface area contributed by atoms with Gasteiger partial charge in [-0.05, 0) is 28.7 Å². The Labute approximate surface area is 121 Å². The molecule has 0 atom stereocenters. The molecule has 0 amide bonds. The van der Waals surface area contributed by atoms with Gasteiger partial charge in [0.2, 0.25) is 0 Å². The van der Waals surface area contributed by atoms with E-state index in [9.17, 15) is 4.79 Å². The van der Waals surface area contributed by atoms with Crippen molar-refractivity contribution in [3.63, 3.8) is 0 Å². The summed E-state index contributed by atoms with van der Waals surface area (Å²) < 4.78 is 0. The molecule has 0 aromatic heterocycles. The molecule has 0 spiro atoms. The fourth-order valence-corrected chi connectivity index (χ4v) is 2.49. The van der Waals surface area contributed by atoms with Gasteiger partial charge in [0, 0.05) is 11.1 Å². The van der Waals surface area contributed by atoms with Gasteiger partial charge in [0.05, 0.1) is 0 Å². The zero-order valence-corrected chi connectivity index (χ0v) is 12.4. The van der Waals surface area contributed by atoms with Gasteiger partial charge < -0.3 is 0 Å². The molecule has 3 rings (SSSR count). The highest BCUT2D eigenvalue weighted by molar-refractivity contribution is 6.18. The van der Waals surface area contributed by atoms with E-state index in [1.807, 2.05) is 50.2 Å². The Morgan fingerprint density at radius 2 is 1.50 bits per heavy atom. The quantitative estimate of drug-likeness (QED) is 0.612. The molecule has 2 aromatic carbocycles. The van der Waals surface area contributed by atoms with Crippen LogP contribution in [0.5, 0.6) is 0 Å². The summed E-state index contributed by atoms with van der Waals surface area (Å²) in [5.41, 5.74) is 5.68. The molecule has 0 heterocycles. The van der Waals surface area contributed by atoms with Crippen LogP contribution in [0.2, 0.25) is 0 Å². The average molecular weight is 264 g/mol. The third-order valence-corrected chi connectivity index (χ3v) is 3.56. The second-order valence-electron chi connectivity index (χ2n) is 4.59. The largest absolute Gasteiger partial charge is 0.289 e. The predicted octanol–water partition coefficient (Wildman–Crippen LogP) is 4.88. The molecule has 102 valence electrons. The molecule has 1 aliphatic rings. The van der Waals surface area contributed by atoms with E-state index >= 15 is 0 Å². The maximum absolute atomic E-state index is 12.4. The molecule has 1 aliphatic carbocycles. The van der Waals surface area contributed by atoms with Crippen LogP contribution in [0.4, 0.5) is 0 Å². The van der Waals surface area contributed by atoms with E-state index < -0.39 is 0 Å². The molecule has 1 heteroatoms. The Kier molecular flexibility index (Phi) is 4.19. The number of carbonyl (C=O) groups is 1. The molecule has 20 heavy (non-hydrogen) atoms. The topological polar surface area (TPSA) is 17.1 Å². The molecule has 0 radical (unpaired) electrons. The van der Waals surface area contributed by atoms with E-state index in [1.165, 1.54) is 5.56 Å². The maximum atomic E-state index is 12.4. The maximum Gasteiger partial charge on any atom is 0.194 e. The van der Waals surface area contributed by atoms with Gasteiger partial charge in [-0.3, -0.25) is 4.79 Å². The van der Waals surface area contributed by atoms with E-state index in [0.717, 1.165) is 34.2 Å². The van der Waals surface area contributed by atoms with Crippen molar-refractivity contribution in [2.45, 2.75) is 27.2 Å². The molecule has 0 N–H and O–H groups in total. The SMILES string of the molecule is C=C1c2ccccc2C(=O)c2ccc(CC)cc21.CC. The van der Waals surface area contributed by atoms with Crippen LogP contribution in [-0.2, 0) is 6.42 Å². The smallest absolute Gasteiger partial charge is 0.194 e. The third kappa shape index (κ3) is 2.20. The summed E-state index contributed by atoms with van der Waals surface area (Å²) in [7, 11) is 0. The Morgan fingerprint density at radius 1 is 0.900 bits per heavy atom. The van der Waals surface area contributed by atoms with E-state index in [2.05, 4.69) is 19.6 Å². The van der Waals surface area contributed by atoms with Gasteiger partial charge in [-0.25, -0.2) is 0 Å². The first-order valence-corrected chi connectivity index (χ1v) is 7.18. The summed E-state index contributed by atoms with van der Waals surface area (Å²) in [6, 6.07) is 13.7. The van der Waals surface area contributed by atoms with Crippen molar-refractivity contribution in [1.82, 2.24) is 0 Å². The van der Waals surface area contributed by atoms with Gasteiger partial charge >= 0.3 is 0 Å². The van der Waals surface area contributed by atoms with E-state index in [1.54, 1.807) is 0 Å². The normalized spacial score (nSPS) is 12.2. The molecule has 0 saturated heterocycles. The first-order chi connectivity index (χ1) is 9.72. The Balaban J connectivity index is 0.000000704. The van der Waals surface area contributed by atoms with Crippen LogP contribution in [0.1, 0.15) is 53.4 Å². The minimum Gasteiger partial charge on any atom is -0.289 e. The number of rotatable bonds is 1. The summed E-state index contributed by atoms with van der Waals surface area (Å²) in [5.74, 6) is 0.107. The monoisotopic (exact) mass is 264 g/mol. The Bertz CT molecular complexity index is 665. The van der Waals surface area contributed by atoms with Gasteiger partial charge in [0.25, 0.3) is 0 Å². The molecule has 0 fully saturated rings. The second kappa shape index (κ2) is 5.87. The summed E-state index contributed by atoms with van der Waals surface area (Å²) in [4.78, 5) is 12.4. The van der Waals surface area contributed by atoms with Gasteiger partial charge in [0.15, 0.2) is 5.78 Å². The number of carbonyl (C=O) groups excluding carboxylic acids is 1. The van der Waals surface area contributed by atoms with Crippen LogP contribution in [0.25, 0.3) is 5.57 Å². The zero-order valence-electron chi connectivity index (χ0n) is 12.4. The van der Waals surface area contributed by atoms with Crippen molar-refractivity contribution in [3.05, 3.63) is 76.9 Å². The van der Waals surface area contributed by atoms with Crippen LogP contribution in [0.3, 0.4) is 0 Å². The summed E-state index contributed by atoms with van der Waals surface area (Å²) in [6.07, 6.45) is 0.969. The molecular formula is C19H20O. The highest BCUT2D eigenvalue weighted by Gasteiger charge is 2.25. The van der Waals surface area contributed by atoms with Crippen molar-refractivity contribution >= 4 is 11.4 Å². The average Bonchev–Trinajstić information content (AvgIpc) is 2.54. The predicted molar refractivity (Wildman–Crippen MR) is 85.2 cm³/mol.